The minimum absolute atomic E-state index is 0.0539. The normalized spacial score (nSPS) is 16.6. The van der Waals surface area contributed by atoms with E-state index in [0.717, 1.165) is 18.4 Å². The molecule has 0 spiro atoms. The summed E-state index contributed by atoms with van der Waals surface area (Å²) in [5, 5.41) is 5.44. The first-order valence-electron chi connectivity index (χ1n) is 10.9. The molecule has 10 nitrogen and oxygen atoms in total. The van der Waals surface area contributed by atoms with Gasteiger partial charge in [-0.3, -0.25) is 4.79 Å². The molecule has 12 heteroatoms. The van der Waals surface area contributed by atoms with E-state index in [0.29, 0.717) is 41.2 Å². The number of rotatable bonds is 8. The molecule has 0 bridgehead atoms. The van der Waals surface area contributed by atoms with Gasteiger partial charge in [-0.15, -0.1) is 0 Å². The van der Waals surface area contributed by atoms with Gasteiger partial charge >= 0.3 is 0 Å². The molecule has 180 valence electrons. The lowest BCUT2D eigenvalue weighted by Gasteiger charge is -2.32. The van der Waals surface area contributed by atoms with Crippen LogP contribution in [-0.2, 0) is 21.4 Å². The number of aromatic nitrogens is 4. The Balaban J connectivity index is 1.65. The number of piperidine rings is 1. The molecule has 1 aromatic carbocycles. The van der Waals surface area contributed by atoms with Crippen molar-refractivity contribution in [3.63, 3.8) is 0 Å². The van der Waals surface area contributed by atoms with Gasteiger partial charge in [-0.2, -0.15) is 5.10 Å². The van der Waals surface area contributed by atoms with E-state index >= 15 is 0 Å². The Hall–Kier alpha value is -3.38. The molecule has 3 heterocycles. The molecule has 0 saturated carbocycles. The number of nitrogens with zero attached hydrogens (tertiary/aromatic N) is 5. The van der Waals surface area contributed by atoms with E-state index in [4.69, 9.17) is 10.8 Å². The number of anilines is 1. The Kier molecular flexibility index (Phi) is 6.89. The van der Waals surface area contributed by atoms with Gasteiger partial charge in [-0.25, -0.2) is 32.2 Å². The van der Waals surface area contributed by atoms with Gasteiger partial charge in [0.1, 0.15) is 24.5 Å². The number of hydrogen-bond acceptors (Lipinski definition) is 7. The second kappa shape index (κ2) is 9.85. The van der Waals surface area contributed by atoms with Crippen molar-refractivity contribution in [1.82, 2.24) is 29.4 Å². The maximum Gasteiger partial charge on any atom is 0.246 e. The van der Waals surface area contributed by atoms with Crippen LogP contribution in [-0.4, -0.2) is 64.5 Å². The molecule has 34 heavy (non-hydrogen) atoms. The van der Waals surface area contributed by atoms with E-state index in [9.17, 15) is 17.6 Å². The number of halogens is 1. The Morgan fingerprint density at radius 2 is 2.06 bits per heavy atom. The van der Waals surface area contributed by atoms with Crippen LogP contribution in [0.2, 0.25) is 0 Å². The number of amides is 1. The van der Waals surface area contributed by atoms with Crippen molar-refractivity contribution in [1.29, 1.82) is 0 Å². The zero-order chi connectivity index (χ0) is 24.3. The van der Waals surface area contributed by atoms with Crippen molar-refractivity contribution in [3.8, 4) is 11.3 Å². The predicted molar refractivity (Wildman–Crippen MR) is 127 cm³/mol. The second-order valence-electron chi connectivity index (χ2n) is 8.06. The van der Waals surface area contributed by atoms with Crippen LogP contribution in [0.25, 0.3) is 22.3 Å². The molecule has 3 aromatic rings. The van der Waals surface area contributed by atoms with Crippen molar-refractivity contribution in [3.05, 3.63) is 48.8 Å². The molecular formula is C22H26FN7O3S. The highest BCUT2D eigenvalue weighted by Gasteiger charge is 2.28. The summed E-state index contributed by atoms with van der Waals surface area (Å²) < 4.78 is 39.9. The number of carbonyl (C=O) groups is 1. The van der Waals surface area contributed by atoms with Crippen LogP contribution in [0.4, 0.5) is 10.2 Å². The molecule has 4 rings (SSSR count). The molecule has 0 aliphatic carbocycles. The number of alkyl halides is 1. The minimum atomic E-state index is -3.66. The lowest BCUT2D eigenvalue weighted by atomic mass is 10.1. The highest BCUT2D eigenvalue weighted by atomic mass is 32.2. The third-order valence-corrected chi connectivity index (χ3v) is 7.09. The fraction of sp³-hybridized carbons (Fsp3) is 0.364. The summed E-state index contributed by atoms with van der Waals surface area (Å²) in [6, 6.07) is 7.08. The van der Waals surface area contributed by atoms with Gasteiger partial charge in [0.2, 0.25) is 15.9 Å². The summed E-state index contributed by atoms with van der Waals surface area (Å²) in [4.78, 5) is 22.4. The average molecular weight is 488 g/mol. The lowest BCUT2D eigenvalue weighted by Crippen LogP contribution is -2.40. The number of nitrogens with one attached hydrogen (secondary N) is 1. The maximum absolute atomic E-state index is 12.4. The molecule has 3 N–H and O–H groups in total. The number of benzene rings is 1. The van der Waals surface area contributed by atoms with E-state index in [1.54, 1.807) is 17.0 Å². The van der Waals surface area contributed by atoms with Gasteiger partial charge in [0.15, 0.2) is 5.65 Å². The molecule has 1 aliphatic heterocycles. The van der Waals surface area contributed by atoms with E-state index in [2.05, 4.69) is 21.3 Å². The Bertz CT molecular complexity index is 1310. The van der Waals surface area contributed by atoms with Crippen molar-refractivity contribution in [2.75, 3.05) is 31.3 Å². The molecule has 0 radical (unpaired) electrons. The van der Waals surface area contributed by atoms with Crippen LogP contribution in [0.3, 0.4) is 0 Å². The maximum atomic E-state index is 12.4. The molecule has 1 aliphatic rings. The van der Waals surface area contributed by atoms with Crippen LogP contribution in [0, 0.1) is 0 Å². The van der Waals surface area contributed by atoms with E-state index in [1.807, 2.05) is 16.8 Å². The van der Waals surface area contributed by atoms with Crippen molar-refractivity contribution < 1.29 is 17.6 Å². The average Bonchev–Trinajstić information content (AvgIpc) is 3.24. The SMILES string of the molecule is C=CC(=O)N1CCCC(n2nc(-c3ccc(CNS(=O)(=O)CCF)cc3)c3c(N)ncnc32)C1. The molecule has 2 aromatic heterocycles. The van der Waals surface area contributed by atoms with Gasteiger partial charge < -0.3 is 10.6 Å². The summed E-state index contributed by atoms with van der Waals surface area (Å²) in [5.74, 6) is -0.387. The standard InChI is InChI=1S/C22H26FN7O3S/c1-2-18(31)29-10-3-4-17(13-29)30-22-19(21(24)25-14-26-22)20(28-30)16-7-5-15(6-8-16)12-27-34(32,33)11-9-23/h2,5-8,14,17,27H,1,3-4,9-13H2,(H2,24,25,26). The van der Waals surface area contributed by atoms with Gasteiger partial charge in [-0.1, -0.05) is 30.8 Å². The first kappa shape index (κ1) is 23.8. The van der Waals surface area contributed by atoms with Crippen LogP contribution in [0.1, 0.15) is 24.4 Å². The summed E-state index contributed by atoms with van der Waals surface area (Å²) in [5.41, 5.74) is 8.86. The number of sulfonamides is 1. The van der Waals surface area contributed by atoms with Gasteiger partial charge in [0, 0.05) is 25.2 Å². The minimum Gasteiger partial charge on any atom is -0.383 e. The molecular weight excluding hydrogens is 461 g/mol. The Morgan fingerprint density at radius 1 is 1.29 bits per heavy atom. The fourth-order valence-corrected chi connectivity index (χ4v) is 4.82. The topological polar surface area (TPSA) is 136 Å². The zero-order valence-electron chi connectivity index (χ0n) is 18.5. The van der Waals surface area contributed by atoms with Crippen LogP contribution in [0.15, 0.2) is 43.2 Å². The number of nitrogens with two attached hydrogens (primary N) is 1. The number of nitrogen functional groups attached to an aromatic ring is 1. The largest absolute Gasteiger partial charge is 0.383 e. The number of likely N-dealkylation sites (tertiary alicyclic amines) is 1. The van der Waals surface area contributed by atoms with Crippen molar-refractivity contribution in [2.45, 2.75) is 25.4 Å². The van der Waals surface area contributed by atoms with Crippen LogP contribution < -0.4 is 10.5 Å². The first-order valence-corrected chi connectivity index (χ1v) is 12.5. The lowest BCUT2D eigenvalue weighted by molar-refractivity contribution is -0.127. The Morgan fingerprint density at radius 3 is 2.76 bits per heavy atom. The van der Waals surface area contributed by atoms with Crippen molar-refractivity contribution in [2.24, 2.45) is 0 Å². The fourth-order valence-electron chi connectivity index (χ4n) is 4.08. The molecule has 1 unspecified atom stereocenters. The summed E-state index contributed by atoms with van der Waals surface area (Å²) in [7, 11) is -3.66. The van der Waals surface area contributed by atoms with Gasteiger partial charge in [0.25, 0.3) is 0 Å². The number of fused-ring (bicyclic) bond motifs is 1. The highest BCUT2D eigenvalue weighted by molar-refractivity contribution is 7.89. The Labute approximate surface area is 196 Å². The van der Waals surface area contributed by atoms with E-state index < -0.39 is 22.5 Å². The second-order valence-corrected chi connectivity index (χ2v) is 9.99. The quantitative estimate of drug-likeness (QED) is 0.463. The molecule has 1 saturated heterocycles. The molecule has 1 atom stereocenters. The van der Waals surface area contributed by atoms with Gasteiger partial charge in [-0.05, 0) is 24.5 Å². The van der Waals surface area contributed by atoms with E-state index in [1.165, 1.54) is 12.4 Å². The zero-order valence-corrected chi connectivity index (χ0v) is 19.3. The van der Waals surface area contributed by atoms with Crippen LogP contribution >= 0.6 is 0 Å². The monoisotopic (exact) mass is 487 g/mol. The van der Waals surface area contributed by atoms with Crippen LogP contribution in [0.5, 0.6) is 0 Å². The highest BCUT2D eigenvalue weighted by Crippen LogP contribution is 2.33. The van der Waals surface area contributed by atoms with Gasteiger partial charge in [0.05, 0.1) is 17.2 Å². The third kappa shape index (κ3) is 4.92. The number of hydrogen-bond donors (Lipinski definition) is 2. The predicted octanol–water partition coefficient (Wildman–Crippen LogP) is 1.81. The van der Waals surface area contributed by atoms with E-state index in [-0.39, 0.29) is 18.5 Å². The van der Waals surface area contributed by atoms with Crippen molar-refractivity contribution >= 4 is 32.8 Å². The summed E-state index contributed by atoms with van der Waals surface area (Å²) in [6.45, 7) is 3.85. The number of carbonyl (C=O) groups excluding carboxylic acids is 1. The molecule has 1 amide bonds. The smallest absolute Gasteiger partial charge is 0.246 e. The molecule has 1 fully saturated rings. The first-order chi connectivity index (χ1) is 16.3. The summed E-state index contributed by atoms with van der Waals surface area (Å²) >= 11 is 0. The third-order valence-electron chi connectivity index (χ3n) is 5.82. The summed E-state index contributed by atoms with van der Waals surface area (Å²) in [6.07, 6.45) is 4.36.